The SMILES string of the molecule is COC(=O)c1ccc(-n2c(C)cc(/C=N\Nc3ncccc3[N+](=O)[O-])c2C)c(C)c1. The van der Waals surface area contributed by atoms with Crippen LogP contribution in [-0.4, -0.2) is 33.8 Å². The minimum absolute atomic E-state index is 0.0711. The van der Waals surface area contributed by atoms with Crippen molar-refractivity contribution in [3.63, 3.8) is 0 Å². The minimum atomic E-state index is -0.516. The summed E-state index contributed by atoms with van der Waals surface area (Å²) in [5.74, 6) is -0.310. The summed E-state index contributed by atoms with van der Waals surface area (Å²) in [6, 6.07) is 10.2. The zero-order valence-corrected chi connectivity index (χ0v) is 17.0. The number of methoxy groups -OCH3 is 1. The van der Waals surface area contributed by atoms with Crippen molar-refractivity contribution in [1.82, 2.24) is 9.55 Å². The number of carbonyl (C=O) groups is 1. The Morgan fingerprint density at radius 2 is 2.03 bits per heavy atom. The molecule has 0 saturated carbocycles. The molecule has 0 fully saturated rings. The molecule has 0 aliphatic rings. The first-order valence-electron chi connectivity index (χ1n) is 9.10. The summed E-state index contributed by atoms with van der Waals surface area (Å²) >= 11 is 0. The van der Waals surface area contributed by atoms with E-state index in [2.05, 4.69) is 20.1 Å². The minimum Gasteiger partial charge on any atom is -0.465 e. The quantitative estimate of drug-likeness (QED) is 0.287. The van der Waals surface area contributed by atoms with Crippen LogP contribution < -0.4 is 5.43 Å². The number of nitrogens with zero attached hydrogens (tertiary/aromatic N) is 4. The maximum absolute atomic E-state index is 11.8. The van der Waals surface area contributed by atoms with Crippen molar-refractivity contribution in [2.45, 2.75) is 20.8 Å². The largest absolute Gasteiger partial charge is 0.465 e. The summed E-state index contributed by atoms with van der Waals surface area (Å²) in [5.41, 5.74) is 7.58. The molecule has 9 heteroatoms. The van der Waals surface area contributed by atoms with Crippen molar-refractivity contribution in [3.8, 4) is 5.69 Å². The van der Waals surface area contributed by atoms with Crippen molar-refractivity contribution >= 4 is 23.7 Å². The number of nitro groups is 1. The van der Waals surface area contributed by atoms with E-state index in [1.54, 1.807) is 18.3 Å². The fourth-order valence-electron chi connectivity index (χ4n) is 3.23. The molecule has 0 saturated heterocycles. The second-order valence-electron chi connectivity index (χ2n) is 6.65. The Balaban J connectivity index is 1.89. The first-order chi connectivity index (χ1) is 14.3. The molecular weight excluding hydrogens is 386 g/mol. The van der Waals surface area contributed by atoms with Gasteiger partial charge in [-0.15, -0.1) is 0 Å². The Labute approximate surface area is 173 Å². The smallest absolute Gasteiger partial charge is 0.337 e. The second-order valence-corrected chi connectivity index (χ2v) is 6.65. The van der Waals surface area contributed by atoms with Crippen LogP contribution in [0.5, 0.6) is 0 Å². The molecule has 30 heavy (non-hydrogen) atoms. The lowest BCUT2D eigenvalue weighted by Crippen LogP contribution is -2.06. The number of aromatic nitrogens is 2. The van der Waals surface area contributed by atoms with Crippen molar-refractivity contribution < 1.29 is 14.5 Å². The number of pyridine rings is 1. The number of aryl methyl sites for hydroxylation is 2. The van der Waals surface area contributed by atoms with Crippen LogP contribution in [0.15, 0.2) is 47.7 Å². The van der Waals surface area contributed by atoms with Gasteiger partial charge in [0.1, 0.15) is 0 Å². The Kier molecular flexibility index (Phi) is 5.91. The molecule has 0 atom stereocenters. The number of ether oxygens (including phenoxy) is 1. The van der Waals surface area contributed by atoms with E-state index in [9.17, 15) is 14.9 Å². The van der Waals surface area contributed by atoms with E-state index in [1.165, 1.54) is 25.4 Å². The van der Waals surface area contributed by atoms with Gasteiger partial charge in [0, 0.05) is 34.9 Å². The van der Waals surface area contributed by atoms with Crippen LogP contribution in [0.2, 0.25) is 0 Å². The third-order valence-corrected chi connectivity index (χ3v) is 4.69. The molecule has 1 aromatic carbocycles. The third-order valence-electron chi connectivity index (χ3n) is 4.69. The summed E-state index contributed by atoms with van der Waals surface area (Å²) in [6.45, 7) is 5.84. The molecular formula is C21H21N5O4. The number of hydrogen-bond acceptors (Lipinski definition) is 7. The molecule has 0 spiro atoms. The number of anilines is 1. The van der Waals surface area contributed by atoms with Crippen molar-refractivity contribution in [2.24, 2.45) is 5.10 Å². The van der Waals surface area contributed by atoms with Crippen LogP contribution >= 0.6 is 0 Å². The highest BCUT2D eigenvalue weighted by Gasteiger charge is 2.15. The fourth-order valence-corrected chi connectivity index (χ4v) is 3.23. The van der Waals surface area contributed by atoms with E-state index in [-0.39, 0.29) is 17.5 Å². The number of benzene rings is 1. The standard InChI is InChI=1S/C21H21N5O4/c1-13-10-16(21(27)30-4)7-8-18(13)25-14(2)11-17(15(25)3)12-23-24-20-19(26(28)29)6-5-9-22-20/h5-12H,1-4H3,(H,22,24)/b23-12-. The van der Waals surface area contributed by atoms with E-state index < -0.39 is 4.92 Å². The number of hydrazone groups is 1. The predicted octanol–water partition coefficient (Wildman–Crippen LogP) is 3.94. The molecule has 0 unspecified atom stereocenters. The number of hydrogen-bond donors (Lipinski definition) is 1. The zero-order chi connectivity index (χ0) is 21.8. The van der Waals surface area contributed by atoms with Crippen molar-refractivity contribution in [3.05, 3.63) is 80.8 Å². The number of esters is 1. The lowest BCUT2D eigenvalue weighted by atomic mass is 10.1. The van der Waals surface area contributed by atoms with Crippen LogP contribution in [-0.2, 0) is 4.74 Å². The monoisotopic (exact) mass is 407 g/mol. The molecule has 2 heterocycles. The first-order valence-corrected chi connectivity index (χ1v) is 9.10. The highest BCUT2D eigenvalue weighted by atomic mass is 16.6. The van der Waals surface area contributed by atoms with E-state index in [0.29, 0.717) is 5.56 Å². The van der Waals surface area contributed by atoms with Crippen LogP contribution in [0.1, 0.15) is 32.9 Å². The van der Waals surface area contributed by atoms with Gasteiger partial charge in [0.15, 0.2) is 0 Å². The van der Waals surface area contributed by atoms with Gasteiger partial charge in [-0.3, -0.25) is 15.5 Å². The van der Waals surface area contributed by atoms with Crippen LogP contribution in [0.25, 0.3) is 5.69 Å². The second kappa shape index (κ2) is 8.56. The van der Waals surface area contributed by atoms with Gasteiger partial charge in [-0.1, -0.05) is 0 Å². The molecule has 0 amide bonds. The van der Waals surface area contributed by atoms with Crippen LogP contribution in [0.4, 0.5) is 11.5 Å². The lowest BCUT2D eigenvalue weighted by Gasteiger charge is -2.13. The van der Waals surface area contributed by atoms with Gasteiger partial charge in [-0.2, -0.15) is 5.10 Å². The predicted molar refractivity (Wildman–Crippen MR) is 113 cm³/mol. The van der Waals surface area contributed by atoms with Gasteiger partial charge in [0.2, 0.25) is 5.82 Å². The third kappa shape index (κ3) is 4.04. The summed E-state index contributed by atoms with van der Waals surface area (Å²) in [4.78, 5) is 26.3. The maximum atomic E-state index is 11.8. The van der Waals surface area contributed by atoms with Gasteiger partial charge in [-0.05, 0) is 56.7 Å². The van der Waals surface area contributed by atoms with Crippen LogP contribution in [0.3, 0.4) is 0 Å². The summed E-state index contributed by atoms with van der Waals surface area (Å²) in [6.07, 6.45) is 3.05. The van der Waals surface area contributed by atoms with Gasteiger partial charge in [0.25, 0.3) is 0 Å². The summed E-state index contributed by atoms with van der Waals surface area (Å²) in [7, 11) is 1.35. The molecule has 3 rings (SSSR count). The molecule has 0 radical (unpaired) electrons. The normalized spacial score (nSPS) is 10.9. The van der Waals surface area contributed by atoms with E-state index in [0.717, 1.165) is 28.2 Å². The summed E-state index contributed by atoms with van der Waals surface area (Å²) < 4.78 is 6.83. The Bertz CT molecular complexity index is 1150. The Morgan fingerprint density at radius 3 is 2.70 bits per heavy atom. The molecule has 9 nitrogen and oxygen atoms in total. The summed E-state index contributed by atoms with van der Waals surface area (Å²) in [5, 5.41) is 15.2. The van der Waals surface area contributed by atoms with Gasteiger partial charge < -0.3 is 9.30 Å². The highest BCUT2D eigenvalue weighted by Crippen LogP contribution is 2.24. The van der Waals surface area contributed by atoms with Crippen molar-refractivity contribution in [1.29, 1.82) is 0 Å². The molecule has 0 aliphatic carbocycles. The Hall–Kier alpha value is -4.01. The Morgan fingerprint density at radius 1 is 1.27 bits per heavy atom. The van der Waals surface area contributed by atoms with E-state index in [1.807, 2.05) is 32.9 Å². The molecule has 1 N–H and O–H groups in total. The fraction of sp³-hybridized carbons (Fsp3) is 0.190. The van der Waals surface area contributed by atoms with Gasteiger partial charge in [0.05, 0.1) is 23.8 Å². The number of nitrogens with one attached hydrogen (secondary N) is 1. The van der Waals surface area contributed by atoms with Crippen LogP contribution in [0, 0.1) is 30.9 Å². The number of carbonyl (C=O) groups excluding carboxylic acids is 1. The molecule has 154 valence electrons. The van der Waals surface area contributed by atoms with E-state index >= 15 is 0 Å². The molecule has 3 aromatic rings. The molecule has 0 aliphatic heterocycles. The zero-order valence-electron chi connectivity index (χ0n) is 17.0. The molecule has 0 bridgehead atoms. The van der Waals surface area contributed by atoms with Gasteiger partial charge in [-0.25, -0.2) is 9.78 Å². The maximum Gasteiger partial charge on any atom is 0.337 e. The number of rotatable bonds is 6. The average molecular weight is 407 g/mol. The lowest BCUT2D eigenvalue weighted by molar-refractivity contribution is -0.384. The van der Waals surface area contributed by atoms with Gasteiger partial charge >= 0.3 is 11.7 Å². The molecule has 2 aromatic heterocycles. The highest BCUT2D eigenvalue weighted by molar-refractivity contribution is 5.90. The van der Waals surface area contributed by atoms with Crippen molar-refractivity contribution in [2.75, 3.05) is 12.5 Å². The topological polar surface area (TPSA) is 112 Å². The average Bonchev–Trinajstić information content (AvgIpc) is 3.01. The first kappa shape index (κ1) is 20.7. The van der Waals surface area contributed by atoms with E-state index in [4.69, 9.17) is 4.74 Å².